The Labute approximate surface area is 190 Å². The van der Waals surface area contributed by atoms with E-state index in [1.807, 2.05) is 20.9 Å². The first-order chi connectivity index (χ1) is 14.5. The van der Waals surface area contributed by atoms with Crippen LogP contribution < -0.4 is 10.1 Å². The van der Waals surface area contributed by atoms with Crippen molar-refractivity contribution in [1.29, 1.82) is 0 Å². The van der Waals surface area contributed by atoms with Crippen LogP contribution in [-0.2, 0) is 7.05 Å². The number of nitrogens with one attached hydrogen (secondary N) is 1. The Morgan fingerprint density at radius 1 is 1.32 bits per heavy atom. The molecule has 0 saturated carbocycles. The average molecular weight is 447 g/mol. The van der Waals surface area contributed by atoms with Crippen LogP contribution in [0.2, 0.25) is 5.02 Å². The quantitative estimate of drug-likeness (QED) is 0.694. The zero-order valence-corrected chi connectivity index (χ0v) is 20.3. The third-order valence-corrected chi connectivity index (χ3v) is 6.10. The zero-order chi connectivity index (χ0) is 22.8. The molecule has 1 N–H and O–H groups in total. The summed E-state index contributed by atoms with van der Waals surface area (Å²) < 4.78 is 7.97. The number of piperidine rings is 1. The second kappa shape index (κ2) is 9.61. The van der Waals surface area contributed by atoms with E-state index in [9.17, 15) is 4.79 Å². The molecule has 1 aromatic heterocycles. The van der Waals surface area contributed by atoms with E-state index in [0.717, 1.165) is 43.7 Å². The molecule has 2 heterocycles. The van der Waals surface area contributed by atoms with Crippen molar-refractivity contribution in [2.75, 3.05) is 19.6 Å². The van der Waals surface area contributed by atoms with Gasteiger partial charge in [-0.05, 0) is 50.3 Å². The van der Waals surface area contributed by atoms with E-state index in [1.54, 1.807) is 29.1 Å². The van der Waals surface area contributed by atoms with Crippen molar-refractivity contribution in [1.82, 2.24) is 20.0 Å². The zero-order valence-electron chi connectivity index (χ0n) is 19.5. The lowest BCUT2D eigenvalue weighted by molar-refractivity contribution is 0.0811. The van der Waals surface area contributed by atoms with Gasteiger partial charge in [0.05, 0.1) is 17.3 Å². The molecule has 0 spiro atoms. The first-order valence-corrected chi connectivity index (χ1v) is 11.4. The number of ether oxygens (including phenoxy) is 1. The Bertz CT molecular complexity index is 911. The highest BCUT2D eigenvalue weighted by Gasteiger charge is 2.24. The number of benzene rings is 1. The summed E-state index contributed by atoms with van der Waals surface area (Å²) in [6, 6.07) is 5.12. The van der Waals surface area contributed by atoms with Gasteiger partial charge in [0.1, 0.15) is 11.9 Å². The Kier molecular flexibility index (Phi) is 7.32. The number of carbonyl (C=O) groups is 1. The summed E-state index contributed by atoms with van der Waals surface area (Å²) >= 11 is 6.46. The van der Waals surface area contributed by atoms with Gasteiger partial charge in [-0.25, -0.2) is 0 Å². The first kappa shape index (κ1) is 23.6. The van der Waals surface area contributed by atoms with Crippen LogP contribution in [0.25, 0.3) is 0 Å². The number of rotatable bonds is 6. The van der Waals surface area contributed by atoms with Gasteiger partial charge in [0.2, 0.25) is 0 Å². The van der Waals surface area contributed by atoms with Crippen LogP contribution in [0.1, 0.15) is 68.2 Å². The molecular weight excluding hydrogens is 412 g/mol. The van der Waals surface area contributed by atoms with Crippen LogP contribution in [0.15, 0.2) is 24.4 Å². The number of carbonyl (C=O) groups excluding carboxylic acids is 1. The van der Waals surface area contributed by atoms with Gasteiger partial charge in [-0.3, -0.25) is 9.48 Å². The lowest BCUT2D eigenvalue weighted by Crippen LogP contribution is -2.42. The number of halogens is 1. The van der Waals surface area contributed by atoms with E-state index in [0.29, 0.717) is 21.8 Å². The van der Waals surface area contributed by atoms with Gasteiger partial charge in [-0.1, -0.05) is 32.4 Å². The van der Waals surface area contributed by atoms with E-state index in [2.05, 4.69) is 36.1 Å². The van der Waals surface area contributed by atoms with Crippen molar-refractivity contribution >= 4 is 17.5 Å². The van der Waals surface area contributed by atoms with E-state index < -0.39 is 0 Å². The van der Waals surface area contributed by atoms with Gasteiger partial charge in [0.15, 0.2) is 0 Å². The highest BCUT2D eigenvalue weighted by atomic mass is 35.5. The molecule has 1 aromatic carbocycles. The molecule has 0 bridgehead atoms. The molecule has 0 radical (unpaired) electrons. The minimum atomic E-state index is -0.167. The van der Waals surface area contributed by atoms with Crippen LogP contribution in [0.3, 0.4) is 0 Å². The maximum Gasteiger partial charge on any atom is 0.251 e. The summed E-state index contributed by atoms with van der Waals surface area (Å²) in [5.74, 6) is 0.475. The predicted molar refractivity (Wildman–Crippen MR) is 125 cm³/mol. The van der Waals surface area contributed by atoms with Gasteiger partial charge in [-0.15, -0.1) is 0 Å². The fourth-order valence-corrected chi connectivity index (χ4v) is 4.30. The molecule has 1 amide bonds. The highest BCUT2D eigenvalue weighted by molar-refractivity contribution is 6.32. The van der Waals surface area contributed by atoms with Crippen LogP contribution in [0.5, 0.6) is 5.75 Å². The minimum Gasteiger partial charge on any atom is -0.489 e. The molecule has 1 saturated heterocycles. The molecule has 1 atom stereocenters. The van der Waals surface area contributed by atoms with E-state index in [4.69, 9.17) is 16.3 Å². The van der Waals surface area contributed by atoms with E-state index in [1.165, 1.54) is 0 Å². The second-order valence-electron chi connectivity index (χ2n) is 9.80. The van der Waals surface area contributed by atoms with Crippen molar-refractivity contribution in [3.05, 3.63) is 46.2 Å². The van der Waals surface area contributed by atoms with Crippen LogP contribution in [0, 0.1) is 12.3 Å². The largest absolute Gasteiger partial charge is 0.489 e. The number of likely N-dealkylation sites (tertiary alicyclic amines) is 1. The fourth-order valence-electron chi connectivity index (χ4n) is 4.07. The van der Waals surface area contributed by atoms with Crippen molar-refractivity contribution in [3.8, 4) is 5.75 Å². The molecule has 31 heavy (non-hydrogen) atoms. The van der Waals surface area contributed by atoms with Crippen molar-refractivity contribution in [2.45, 2.75) is 59.6 Å². The standard InChI is InChI=1S/C24H35ClN4O2/c1-16(20-14-26-28(6)17(20)2)27-23(30)18-7-8-22(21(25)13-18)31-19-9-11-29(12-10-19)15-24(3,4)5/h7-8,13-14,16,19H,9-12,15H2,1-6H3,(H,27,30). The molecule has 1 fully saturated rings. The number of aromatic nitrogens is 2. The van der Waals surface area contributed by atoms with Crippen molar-refractivity contribution < 1.29 is 9.53 Å². The van der Waals surface area contributed by atoms with E-state index in [-0.39, 0.29) is 18.1 Å². The number of hydrogen-bond acceptors (Lipinski definition) is 4. The monoisotopic (exact) mass is 446 g/mol. The Morgan fingerprint density at radius 3 is 2.55 bits per heavy atom. The maximum absolute atomic E-state index is 12.7. The molecule has 1 aliphatic rings. The molecule has 3 rings (SSSR count). The number of nitrogens with zero attached hydrogens (tertiary/aromatic N) is 3. The first-order valence-electron chi connectivity index (χ1n) is 11.0. The molecule has 6 nitrogen and oxygen atoms in total. The lowest BCUT2D eigenvalue weighted by Gasteiger charge is -2.36. The molecule has 1 aliphatic heterocycles. The molecular formula is C24H35ClN4O2. The Balaban J connectivity index is 1.56. The summed E-state index contributed by atoms with van der Waals surface area (Å²) in [5.41, 5.74) is 2.86. The van der Waals surface area contributed by atoms with E-state index >= 15 is 0 Å². The lowest BCUT2D eigenvalue weighted by atomic mass is 9.94. The molecule has 2 aromatic rings. The second-order valence-corrected chi connectivity index (χ2v) is 10.2. The summed E-state index contributed by atoms with van der Waals surface area (Å²) in [5, 5.41) is 7.73. The number of hydrogen-bond donors (Lipinski definition) is 1. The molecule has 7 heteroatoms. The molecule has 170 valence electrons. The average Bonchev–Trinajstić information content (AvgIpc) is 3.02. The Morgan fingerprint density at radius 2 is 2.00 bits per heavy atom. The maximum atomic E-state index is 12.7. The van der Waals surface area contributed by atoms with Crippen LogP contribution in [0.4, 0.5) is 0 Å². The van der Waals surface area contributed by atoms with Crippen LogP contribution >= 0.6 is 11.6 Å². The van der Waals surface area contributed by atoms with Gasteiger partial charge in [0, 0.05) is 43.5 Å². The number of aryl methyl sites for hydroxylation is 1. The molecule has 1 unspecified atom stereocenters. The minimum absolute atomic E-state index is 0.144. The van der Waals surface area contributed by atoms with Gasteiger partial charge in [-0.2, -0.15) is 5.10 Å². The summed E-state index contributed by atoms with van der Waals surface area (Å²) in [6.45, 7) is 13.9. The summed E-state index contributed by atoms with van der Waals surface area (Å²) in [4.78, 5) is 15.2. The highest BCUT2D eigenvalue weighted by Crippen LogP contribution is 2.29. The topological polar surface area (TPSA) is 59.4 Å². The SMILES string of the molecule is Cc1c(C(C)NC(=O)c2ccc(OC3CCN(CC(C)(C)C)CC3)c(Cl)c2)cnn1C. The predicted octanol–water partition coefficient (Wildman–Crippen LogP) is 4.76. The van der Waals surface area contributed by atoms with Gasteiger partial charge < -0.3 is 15.0 Å². The van der Waals surface area contributed by atoms with Crippen molar-refractivity contribution in [2.24, 2.45) is 12.5 Å². The number of amides is 1. The van der Waals surface area contributed by atoms with Crippen molar-refractivity contribution in [3.63, 3.8) is 0 Å². The summed E-state index contributed by atoms with van der Waals surface area (Å²) in [6.07, 6.45) is 3.91. The fraction of sp³-hybridized carbons (Fsp3) is 0.583. The van der Waals surface area contributed by atoms with Crippen LogP contribution in [-0.4, -0.2) is 46.3 Å². The smallest absolute Gasteiger partial charge is 0.251 e. The third-order valence-electron chi connectivity index (χ3n) is 5.81. The normalized spacial score (nSPS) is 16.9. The van der Waals surface area contributed by atoms with Gasteiger partial charge in [0.25, 0.3) is 5.91 Å². The Hall–Kier alpha value is -2.05. The molecule has 0 aliphatic carbocycles. The summed E-state index contributed by atoms with van der Waals surface area (Å²) in [7, 11) is 1.89. The van der Waals surface area contributed by atoms with Gasteiger partial charge >= 0.3 is 0 Å². The third kappa shape index (κ3) is 6.23.